The van der Waals surface area contributed by atoms with Crippen molar-refractivity contribution in [2.24, 2.45) is 5.92 Å². The van der Waals surface area contributed by atoms with Crippen LogP contribution in [0.2, 0.25) is 5.15 Å². The molecule has 1 atom stereocenters. The Labute approximate surface area is 145 Å². The first kappa shape index (κ1) is 17.4. The number of aromatic nitrogens is 2. The van der Waals surface area contributed by atoms with E-state index in [4.69, 9.17) is 11.6 Å². The maximum atomic E-state index is 12.4. The van der Waals surface area contributed by atoms with Crippen molar-refractivity contribution in [1.82, 2.24) is 14.9 Å². The first-order chi connectivity index (χ1) is 11.3. The fraction of sp³-hybridized carbons (Fsp3) is 0.533. The molecule has 0 saturated carbocycles. The molecule has 2 aromatic rings. The molecular formula is C15H15ClF3N3OS. The van der Waals surface area contributed by atoms with Crippen LogP contribution in [0.1, 0.15) is 23.3 Å². The number of carbonyl (C=O) groups is 1. The lowest BCUT2D eigenvalue weighted by Crippen LogP contribution is -2.37. The number of nitrogens with zero attached hydrogens (tertiary/aromatic N) is 3. The van der Waals surface area contributed by atoms with Crippen molar-refractivity contribution in [2.75, 3.05) is 13.6 Å². The Kier molecular flexibility index (Phi) is 4.70. The van der Waals surface area contributed by atoms with Gasteiger partial charge in [-0.25, -0.2) is 9.97 Å². The summed E-state index contributed by atoms with van der Waals surface area (Å²) in [6.07, 6.45) is -2.07. The van der Waals surface area contributed by atoms with Crippen molar-refractivity contribution < 1.29 is 18.0 Å². The topological polar surface area (TPSA) is 46.1 Å². The van der Waals surface area contributed by atoms with E-state index < -0.39 is 12.6 Å². The van der Waals surface area contributed by atoms with Gasteiger partial charge in [0.2, 0.25) is 5.91 Å². The van der Waals surface area contributed by atoms with Gasteiger partial charge in [-0.05, 0) is 24.8 Å². The molecule has 9 heteroatoms. The first-order valence-corrected chi connectivity index (χ1v) is 8.68. The summed E-state index contributed by atoms with van der Waals surface area (Å²) in [5.41, 5.74) is 1.07. The third-order valence-corrected chi connectivity index (χ3v) is 5.70. The van der Waals surface area contributed by atoms with Gasteiger partial charge >= 0.3 is 6.18 Å². The van der Waals surface area contributed by atoms with Crippen LogP contribution in [0.15, 0.2) is 6.33 Å². The molecule has 0 aromatic carbocycles. The molecule has 0 radical (unpaired) electrons. The predicted molar refractivity (Wildman–Crippen MR) is 86.2 cm³/mol. The minimum atomic E-state index is -4.25. The summed E-state index contributed by atoms with van der Waals surface area (Å²) < 4.78 is 36.9. The van der Waals surface area contributed by atoms with Gasteiger partial charge in [0.25, 0.3) is 0 Å². The highest BCUT2D eigenvalue weighted by molar-refractivity contribution is 7.19. The minimum Gasteiger partial charge on any atom is -0.345 e. The van der Waals surface area contributed by atoms with E-state index in [0.29, 0.717) is 24.4 Å². The zero-order valence-corrected chi connectivity index (χ0v) is 14.4. The molecule has 0 saturated heterocycles. The number of alkyl halides is 3. The van der Waals surface area contributed by atoms with E-state index in [1.807, 2.05) is 0 Å². The standard InChI is InChI=1S/C15H15ClF3N3OS/c1-22(5-4-15(17,18)19)14(23)8-2-3-9-10(6-8)24-13-11(9)12(16)20-7-21-13/h7-8H,2-6H2,1H3. The van der Waals surface area contributed by atoms with Gasteiger partial charge in [-0.3, -0.25) is 4.79 Å². The van der Waals surface area contributed by atoms with Gasteiger partial charge in [-0.1, -0.05) is 11.6 Å². The van der Waals surface area contributed by atoms with E-state index in [-0.39, 0.29) is 18.4 Å². The van der Waals surface area contributed by atoms with Gasteiger partial charge in [0.05, 0.1) is 11.8 Å². The van der Waals surface area contributed by atoms with Gasteiger partial charge in [-0.15, -0.1) is 11.3 Å². The maximum absolute atomic E-state index is 12.4. The number of fused-ring (bicyclic) bond motifs is 3. The summed E-state index contributed by atoms with van der Waals surface area (Å²) in [5, 5.41) is 1.25. The molecule has 24 heavy (non-hydrogen) atoms. The maximum Gasteiger partial charge on any atom is 0.390 e. The van der Waals surface area contributed by atoms with E-state index in [1.54, 1.807) is 0 Å². The van der Waals surface area contributed by atoms with Gasteiger partial charge in [0, 0.05) is 24.4 Å². The molecule has 1 unspecified atom stereocenters. The molecule has 0 spiro atoms. The molecule has 1 aliphatic rings. The second-order valence-corrected chi connectivity index (χ2v) is 7.35. The normalized spacial score (nSPS) is 17.8. The monoisotopic (exact) mass is 377 g/mol. The number of amides is 1. The summed E-state index contributed by atoms with van der Waals surface area (Å²) in [4.78, 5) is 23.6. The van der Waals surface area contributed by atoms with E-state index in [0.717, 1.165) is 20.7 Å². The zero-order valence-electron chi connectivity index (χ0n) is 12.9. The van der Waals surface area contributed by atoms with Gasteiger partial charge < -0.3 is 4.90 Å². The quantitative estimate of drug-likeness (QED) is 0.763. The van der Waals surface area contributed by atoms with E-state index in [1.165, 1.54) is 29.6 Å². The zero-order chi connectivity index (χ0) is 17.5. The third-order valence-electron chi connectivity index (χ3n) is 4.26. The Hall–Kier alpha value is -1.41. The minimum absolute atomic E-state index is 0.237. The average Bonchev–Trinajstić information content (AvgIpc) is 2.89. The molecule has 1 aliphatic carbocycles. The summed E-state index contributed by atoms with van der Waals surface area (Å²) in [6, 6.07) is 0. The van der Waals surface area contributed by atoms with E-state index >= 15 is 0 Å². The molecule has 130 valence electrons. The van der Waals surface area contributed by atoms with Crippen LogP contribution in [0.4, 0.5) is 13.2 Å². The largest absolute Gasteiger partial charge is 0.390 e. The molecule has 3 rings (SSSR count). The van der Waals surface area contributed by atoms with Crippen LogP contribution in [0.3, 0.4) is 0 Å². The molecule has 0 aliphatic heterocycles. The van der Waals surface area contributed by atoms with Crippen LogP contribution < -0.4 is 0 Å². The van der Waals surface area contributed by atoms with Crippen LogP contribution >= 0.6 is 22.9 Å². The van der Waals surface area contributed by atoms with E-state index in [2.05, 4.69) is 9.97 Å². The highest BCUT2D eigenvalue weighted by Crippen LogP contribution is 2.39. The van der Waals surface area contributed by atoms with Crippen LogP contribution in [-0.4, -0.2) is 40.5 Å². The highest BCUT2D eigenvalue weighted by atomic mass is 35.5. The Morgan fingerprint density at radius 3 is 2.92 bits per heavy atom. The molecule has 0 fully saturated rings. The van der Waals surface area contributed by atoms with Gasteiger partial charge in [0.15, 0.2) is 0 Å². The summed E-state index contributed by atoms with van der Waals surface area (Å²) in [7, 11) is 1.43. The smallest absolute Gasteiger partial charge is 0.345 e. The number of aryl methyl sites for hydroxylation is 1. The first-order valence-electron chi connectivity index (χ1n) is 7.48. The second kappa shape index (κ2) is 6.48. The molecule has 1 amide bonds. The SMILES string of the molecule is CN(CCC(F)(F)F)C(=O)C1CCc2c(sc3ncnc(Cl)c23)C1. The molecular weight excluding hydrogens is 363 g/mol. The van der Waals surface area contributed by atoms with Crippen molar-refractivity contribution in [3.05, 3.63) is 21.9 Å². The van der Waals surface area contributed by atoms with Crippen molar-refractivity contribution in [2.45, 2.75) is 31.9 Å². The highest BCUT2D eigenvalue weighted by Gasteiger charge is 2.32. The molecule has 0 N–H and O–H groups in total. The van der Waals surface area contributed by atoms with Crippen LogP contribution in [0.25, 0.3) is 10.2 Å². The molecule has 2 heterocycles. The average molecular weight is 378 g/mol. The fourth-order valence-electron chi connectivity index (χ4n) is 3.00. The lowest BCUT2D eigenvalue weighted by molar-refractivity contribution is -0.146. The van der Waals surface area contributed by atoms with Gasteiger partial charge in [-0.2, -0.15) is 13.2 Å². The van der Waals surface area contributed by atoms with Crippen LogP contribution in [0.5, 0.6) is 0 Å². The fourth-order valence-corrected chi connectivity index (χ4v) is 4.57. The second-order valence-electron chi connectivity index (χ2n) is 5.91. The lowest BCUT2D eigenvalue weighted by Gasteiger charge is -2.27. The number of hydrogen-bond donors (Lipinski definition) is 0. The Morgan fingerprint density at radius 1 is 1.46 bits per heavy atom. The van der Waals surface area contributed by atoms with Crippen LogP contribution in [-0.2, 0) is 17.6 Å². The summed E-state index contributed by atoms with van der Waals surface area (Å²) in [5.74, 6) is -0.532. The number of halogens is 4. The summed E-state index contributed by atoms with van der Waals surface area (Å²) >= 11 is 7.62. The molecule has 2 aromatic heterocycles. The lowest BCUT2D eigenvalue weighted by atomic mass is 9.87. The number of hydrogen-bond acceptors (Lipinski definition) is 4. The number of rotatable bonds is 3. The number of thiophene rings is 1. The van der Waals surface area contributed by atoms with Crippen LogP contribution in [0, 0.1) is 5.92 Å². The van der Waals surface area contributed by atoms with Crippen molar-refractivity contribution in [1.29, 1.82) is 0 Å². The van der Waals surface area contributed by atoms with Crippen molar-refractivity contribution in [3.63, 3.8) is 0 Å². The van der Waals surface area contributed by atoms with Crippen molar-refractivity contribution >= 4 is 39.1 Å². The third kappa shape index (κ3) is 3.49. The Bertz CT molecular complexity index is 777. The number of carbonyl (C=O) groups excluding carboxylic acids is 1. The van der Waals surface area contributed by atoms with Crippen molar-refractivity contribution in [3.8, 4) is 0 Å². The predicted octanol–water partition coefficient (Wildman–Crippen LogP) is 3.86. The molecule has 0 bridgehead atoms. The molecule has 4 nitrogen and oxygen atoms in total. The van der Waals surface area contributed by atoms with Gasteiger partial charge in [0.1, 0.15) is 16.3 Å². The summed E-state index contributed by atoms with van der Waals surface area (Å²) in [6.45, 7) is -0.310. The Morgan fingerprint density at radius 2 is 2.21 bits per heavy atom. The van der Waals surface area contributed by atoms with E-state index in [9.17, 15) is 18.0 Å². The Balaban J connectivity index is 1.74.